The van der Waals surface area contributed by atoms with Crippen LogP contribution in [0.1, 0.15) is 0 Å². The van der Waals surface area contributed by atoms with Crippen LogP contribution in [0.3, 0.4) is 0 Å². The molecular weight excluding hydrogens is 318 g/mol. The summed E-state index contributed by atoms with van der Waals surface area (Å²) in [6.07, 6.45) is 4.29. The summed E-state index contributed by atoms with van der Waals surface area (Å²) in [6, 6.07) is 11.6. The minimum Gasteiger partial charge on any atom is -0.482 e. The molecule has 7 nitrogen and oxygen atoms in total. The first-order valence-electron chi connectivity index (χ1n) is 8.16. The van der Waals surface area contributed by atoms with E-state index in [4.69, 9.17) is 4.74 Å². The van der Waals surface area contributed by atoms with Crippen LogP contribution in [-0.4, -0.2) is 50.2 Å². The fraction of sp³-hybridized carbons (Fsp3) is 0.278. The highest BCUT2D eigenvalue weighted by Crippen LogP contribution is 2.24. The summed E-state index contributed by atoms with van der Waals surface area (Å²) in [5.74, 6) is 1.46. The molecule has 0 spiro atoms. The third-order valence-electron chi connectivity index (χ3n) is 4.19. The fourth-order valence-electron chi connectivity index (χ4n) is 2.95. The zero-order valence-electron chi connectivity index (χ0n) is 13.9. The van der Waals surface area contributed by atoms with E-state index >= 15 is 0 Å². The Bertz CT molecular complexity index is 851. The standard InChI is InChI=1S/C18H19N5O2/c1-22-10-13(9-20-22)25-17-12-23(11-16(17)24)18-7-4-6-15(21-18)14-5-2-3-8-19-14/h2-10,16-17,24H,11-12H2,1H3/t16-,17-/m1/s1. The maximum absolute atomic E-state index is 10.3. The molecule has 1 fully saturated rings. The highest BCUT2D eigenvalue weighted by Gasteiger charge is 2.34. The normalized spacial score (nSPS) is 20.0. The molecule has 0 aromatic carbocycles. The number of β-amino-alcohol motifs (C(OH)–C–C–N with tert-alkyl or cyclic N) is 1. The molecule has 1 N–H and O–H groups in total. The van der Waals surface area contributed by atoms with Crippen molar-refractivity contribution >= 4 is 5.82 Å². The van der Waals surface area contributed by atoms with Crippen molar-refractivity contribution in [2.45, 2.75) is 12.2 Å². The topological polar surface area (TPSA) is 76.3 Å². The molecule has 7 heteroatoms. The lowest BCUT2D eigenvalue weighted by Gasteiger charge is -2.17. The lowest BCUT2D eigenvalue weighted by atomic mass is 10.2. The van der Waals surface area contributed by atoms with Gasteiger partial charge in [-0.05, 0) is 24.3 Å². The molecular formula is C18H19N5O2. The largest absolute Gasteiger partial charge is 0.482 e. The molecule has 0 saturated carbocycles. The van der Waals surface area contributed by atoms with E-state index in [1.807, 2.05) is 48.3 Å². The Hall–Kier alpha value is -2.93. The number of rotatable bonds is 4. The van der Waals surface area contributed by atoms with Crippen LogP contribution < -0.4 is 9.64 Å². The number of ether oxygens (including phenoxy) is 1. The predicted molar refractivity (Wildman–Crippen MR) is 93.3 cm³/mol. The number of hydrogen-bond donors (Lipinski definition) is 1. The van der Waals surface area contributed by atoms with Crippen LogP contribution in [0.15, 0.2) is 55.0 Å². The van der Waals surface area contributed by atoms with Crippen molar-refractivity contribution < 1.29 is 9.84 Å². The SMILES string of the molecule is Cn1cc(O[C@@H]2CN(c3cccc(-c4ccccn4)n3)C[C@H]2O)cn1. The molecule has 0 radical (unpaired) electrons. The predicted octanol–water partition coefficient (Wildman–Crippen LogP) is 1.51. The van der Waals surface area contributed by atoms with E-state index in [1.54, 1.807) is 23.3 Å². The van der Waals surface area contributed by atoms with Gasteiger partial charge in [0, 0.05) is 19.8 Å². The summed E-state index contributed by atoms with van der Waals surface area (Å²) in [7, 11) is 1.83. The van der Waals surface area contributed by atoms with E-state index in [2.05, 4.69) is 15.1 Å². The Morgan fingerprint density at radius 3 is 2.76 bits per heavy atom. The quantitative estimate of drug-likeness (QED) is 0.778. The molecule has 1 saturated heterocycles. The van der Waals surface area contributed by atoms with Crippen molar-refractivity contribution in [1.82, 2.24) is 19.7 Å². The number of pyridine rings is 2. The Balaban J connectivity index is 1.51. The van der Waals surface area contributed by atoms with Gasteiger partial charge in [-0.3, -0.25) is 9.67 Å². The van der Waals surface area contributed by atoms with Crippen molar-refractivity contribution in [2.24, 2.45) is 7.05 Å². The smallest absolute Gasteiger partial charge is 0.157 e. The van der Waals surface area contributed by atoms with Gasteiger partial charge in [0.05, 0.1) is 30.3 Å². The monoisotopic (exact) mass is 337 g/mol. The average molecular weight is 337 g/mol. The minimum atomic E-state index is -0.583. The van der Waals surface area contributed by atoms with Gasteiger partial charge >= 0.3 is 0 Å². The number of aliphatic hydroxyl groups is 1. The molecule has 2 atom stereocenters. The van der Waals surface area contributed by atoms with E-state index in [-0.39, 0.29) is 6.10 Å². The lowest BCUT2D eigenvalue weighted by Crippen LogP contribution is -2.29. The summed E-state index contributed by atoms with van der Waals surface area (Å²) >= 11 is 0. The third kappa shape index (κ3) is 3.32. The zero-order chi connectivity index (χ0) is 17.2. The van der Waals surface area contributed by atoms with Crippen molar-refractivity contribution in [3.8, 4) is 17.1 Å². The van der Waals surface area contributed by atoms with Crippen molar-refractivity contribution in [2.75, 3.05) is 18.0 Å². The molecule has 128 valence electrons. The van der Waals surface area contributed by atoms with Crippen LogP contribution in [0.4, 0.5) is 5.82 Å². The number of hydrogen-bond acceptors (Lipinski definition) is 6. The first kappa shape index (κ1) is 15.6. The third-order valence-corrected chi connectivity index (χ3v) is 4.19. The minimum absolute atomic E-state index is 0.315. The van der Waals surface area contributed by atoms with Gasteiger partial charge in [-0.25, -0.2) is 4.98 Å². The molecule has 0 unspecified atom stereocenters. The highest BCUT2D eigenvalue weighted by atomic mass is 16.5. The van der Waals surface area contributed by atoms with Crippen LogP contribution >= 0.6 is 0 Å². The molecule has 4 rings (SSSR count). The molecule has 4 heterocycles. The molecule has 0 amide bonds. The maximum Gasteiger partial charge on any atom is 0.157 e. The molecule has 1 aliphatic rings. The Kier molecular flexibility index (Phi) is 4.07. The molecule has 3 aromatic heterocycles. The van der Waals surface area contributed by atoms with Gasteiger partial charge in [0.2, 0.25) is 0 Å². The van der Waals surface area contributed by atoms with Gasteiger partial charge in [-0.15, -0.1) is 0 Å². The van der Waals surface area contributed by atoms with Gasteiger partial charge in [-0.1, -0.05) is 12.1 Å². The second-order valence-electron chi connectivity index (χ2n) is 6.07. The molecule has 0 aliphatic carbocycles. The van der Waals surface area contributed by atoms with E-state index in [1.165, 1.54) is 0 Å². The summed E-state index contributed by atoms with van der Waals surface area (Å²) in [6.45, 7) is 1.04. The van der Waals surface area contributed by atoms with Gasteiger partial charge < -0.3 is 14.7 Å². The summed E-state index contributed by atoms with van der Waals surface area (Å²) in [4.78, 5) is 11.1. The second kappa shape index (κ2) is 6.52. The van der Waals surface area contributed by atoms with Crippen molar-refractivity contribution in [3.05, 3.63) is 55.0 Å². The summed E-state index contributed by atoms with van der Waals surface area (Å²) in [5.41, 5.74) is 1.64. The van der Waals surface area contributed by atoms with Crippen LogP contribution in [-0.2, 0) is 7.05 Å². The Morgan fingerprint density at radius 1 is 1.12 bits per heavy atom. The number of aromatic nitrogens is 4. The fourth-order valence-corrected chi connectivity index (χ4v) is 2.95. The number of anilines is 1. The first-order chi connectivity index (χ1) is 12.2. The van der Waals surface area contributed by atoms with Crippen LogP contribution in [0, 0.1) is 0 Å². The summed E-state index contributed by atoms with van der Waals surface area (Å²) in [5, 5.41) is 14.4. The van der Waals surface area contributed by atoms with E-state index in [0.29, 0.717) is 18.8 Å². The van der Waals surface area contributed by atoms with E-state index in [0.717, 1.165) is 17.2 Å². The van der Waals surface area contributed by atoms with Crippen LogP contribution in [0.2, 0.25) is 0 Å². The lowest BCUT2D eigenvalue weighted by molar-refractivity contribution is 0.0737. The second-order valence-corrected chi connectivity index (χ2v) is 6.07. The van der Waals surface area contributed by atoms with E-state index in [9.17, 15) is 5.11 Å². The van der Waals surface area contributed by atoms with Crippen molar-refractivity contribution in [1.29, 1.82) is 0 Å². The van der Waals surface area contributed by atoms with Crippen molar-refractivity contribution in [3.63, 3.8) is 0 Å². The van der Waals surface area contributed by atoms with Crippen LogP contribution in [0.25, 0.3) is 11.4 Å². The average Bonchev–Trinajstić information content (AvgIpc) is 3.22. The first-order valence-corrected chi connectivity index (χ1v) is 8.16. The molecule has 0 bridgehead atoms. The maximum atomic E-state index is 10.3. The Morgan fingerprint density at radius 2 is 2.00 bits per heavy atom. The van der Waals surface area contributed by atoms with Gasteiger partial charge in [0.25, 0.3) is 0 Å². The molecule has 25 heavy (non-hydrogen) atoms. The van der Waals surface area contributed by atoms with Gasteiger partial charge in [-0.2, -0.15) is 5.10 Å². The van der Waals surface area contributed by atoms with Crippen LogP contribution in [0.5, 0.6) is 5.75 Å². The van der Waals surface area contributed by atoms with Gasteiger partial charge in [0.1, 0.15) is 18.0 Å². The zero-order valence-corrected chi connectivity index (χ0v) is 13.9. The number of aryl methyl sites for hydroxylation is 1. The van der Waals surface area contributed by atoms with E-state index < -0.39 is 6.10 Å². The molecule has 1 aliphatic heterocycles. The highest BCUT2D eigenvalue weighted by molar-refractivity contribution is 5.57. The number of nitrogens with zero attached hydrogens (tertiary/aromatic N) is 5. The summed E-state index contributed by atoms with van der Waals surface area (Å²) < 4.78 is 7.53. The Labute approximate surface area is 145 Å². The molecule has 3 aromatic rings. The van der Waals surface area contributed by atoms with Gasteiger partial charge in [0.15, 0.2) is 5.75 Å². The number of aliphatic hydroxyl groups excluding tert-OH is 1.